The molecule has 0 unspecified atom stereocenters. The number of nitrogens with zero attached hydrogens (tertiary/aromatic N) is 1. The summed E-state index contributed by atoms with van der Waals surface area (Å²) in [4.78, 5) is 4.14. The summed E-state index contributed by atoms with van der Waals surface area (Å²) in [6.45, 7) is 7.41. The van der Waals surface area contributed by atoms with Crippen LogP contribution in [0.1, 0.15) is 33.6 Å². The first kappa shape index (κ1) is 20.9. The smallest absolute Gasteiger partial charge is 0.191 e. The minimum absolute atomic E-state index is 0. The van der Waals surface area contributed by atoms with Gasteiger partial charge in [0.25, 0.3) is 0 Å². The molecular weight excluding hydrogens is 405 g/mol. The predicted molar refractivity (Wildman–Crippen MR) is 97.3 cm³/mol. The van der Waals surface area contributed by atoms with Gasteiger partial charge >= 0.3 is 0 Å². The highest BCUT2D eigenvalue weighted by Gasteiger charge is 2.42. The van der Waals surface area contributed by atoms with Gasteiger partial charge in [0.05, 0.1) is 4.75 Å². The molecule has 0 aromatic rings. The zero-order valence-electron chi connectivity index (χ0n) is 13.5. The fourth-order valence-corrected chi connectivity index (χ4v) is 3.44. The Hall–Kier alpha value is -0.0900. The first-order chi connectivity index (χ1) is 9.10. The highest BCUT2D eigenvalue weighted by molar-refractivity contribution is 14.0. The van der Waals surface area contributed by atoms with E-state index in [2.05, 4.69) is 15.6 Å². The molecule has 126 valence electrons. The number of hydrogen-bond acceptors (Lipinski definition) is 4. The summed E-state index contributed by atoms with van der Waals surface area (Å²) in [6.07, 6.45) is 2.34. The van der Waals surface area contributed by atoms with E-state index >= 15 is 0 Å². The molecule has 1 fully saturated rings. The Bertz CT molecular complexity index is 452. The van der Waals surface area contributed by atoms with Gasteiger partial charge in [0.2, 0.25) is 0 Å². The number of nitrogens with one attached hydrogen (secondary N) is 2. The molecule has 0 radical (unpaired) electrons. The van der Waals surface area contributed by atoms with Crippen molar-refractivity contribution in [3.8, 4) is 0 Å². The van der Waals surface area contributed by atoms with Crippen LogP contribution in [0.25, 0.3) is 0 Å². The Morgan fingerprint density at radius 2 is 1.81 bits per heavy atom. The van der Waals surface area contributed by atoms with Crippen molar-refractivity contribution in [3.63, 3.8) is 0 Å². The van der Waals surface area contributed by atoms with Gasteiger partial charge in [-0.25, -0.2) is 8.42 Å². The van der Waals surface area contributed by atoms with Crippen molar-refractivity contribution in [3.05, 3.63) is 0 Å². The maximum absolute atomic E-state index is 12.1. The first-order valence-electron chi connectivity index (χ1n) is 6.86. The average molecular weight is 433 g/mol. The third-order valence-electron chi connectivity index (χ3n) is 3.49. The maximum atomic E-state index is 12.1. The molecule has 0 aliphatic carbocycles. The Kier molecular flexibility index (Phi) is 7.92. The van der Waals surface area contributed by atoms with E-state index in [-0.39, 0.29) is 29.5 Å². The second kappa shape index (κ2) is 7.96. The molecule has 1 heterocycles. The summed E-state index contributed by atoms with van der Waals surface area (Å²) in [5.41, 5.74) is -0.129. The van der Waals surface area contributed by atoms with Gasteiger partial charge < -0.3 is 15.4 Å². The standard InChI is InChI=1S/C13H27N3O3S.HI/c1-12(2,3)16-11(14-4)15-10-13(20(5,17)18)6-8-19-9-7-13;/h6-10H2,1-5H3,(H2,14,15,16);1H. The zero-order chi connectivity index (χ0) is 15.4. The molecule has 1 aliphatic heterocycles. The van der Waals surface area contributed by atoms with E-state index in [1.54, 1.807) is 7.05 Å². The van der Waals surface area contributed by atoms with E-state index in [0.717, 1.165) is 0 Å². The first-order valence-corrected chi connectivity index (χ1v) is 8.75. The fraction of sp³-hybridized carbons (Fsp3) is 0.923. The second-order valence-corrected chi connectivity index (χ2v) is 8.78. The molecule has 2 N–H and O–H groups in total. The van der Waals surface area contributed by atoms with Crippen molar-refractivity contribution in [2.75, 3.05) is 33.1 Å². The number of halogens is 1. The summed E-state index contributed by atoms with van der Waals surface area (Å²) in [5, 5.41) is 6.37. The lowest BCUT2D eigenvalue weighted by atomic mass is 9.99. The van der Waals surface area contributed by atoms with Crippen LogP contribution in [0.5, 0.6) is 0 Å². The highest BCUT2D eigenvalue weighted by Crippen LogP contribution is 2.28. The minimum atomic E-state index is -3.16. The molecular formula is C13H28IN3O3S. The largest absolute Gasteiger partial charge is 0.381 e. The molecule has 0 saturated carbocycles. The number of guanidine groups is 1. The quantitative estimate of drug-likeness (QED) is 0.397. The van der Waals surface area contributed by atoms with E-state index < -0.39 is 14.6 Å². The average Bonchev–Trinajstić information content (AvgIpc) is 2.33. The lowest BCUT2D eigenvalue weighted by Gasteiger charge is -2.36. The third kappa shape index (κ3) is 6.27. The molecule has 1 rings (SSSR count). The van der Waals surface area contributed by atoms with Gasteiger partial charge in [0.15, 0.2) is 15.8 Å². The topological polar surface area (TPSA) is 79.8 Å². The molecule has 0 bridgehead atoms. The number of aliphatic imine (C=N–C) groups is 1. The van der Waals surface area contributed by atoms with Crippen LogP contribution >= 0.6 is 24.0 Å². The van der Waals surface area contributed by atoms with Crippen molar-refractivity contribution < 1.29 is 13.2 Å². The molecule has 8 heteroatoms. The number of rotatable bonds is 3. The van der Waals surface area contributed by atoms with Crippen molar-refractivity contribution in [1.29, 1.82) is 0 Å². The van der Waals surface area contributed by atoms with Gasteiger partial charge in [0.1, 0.15) is 0 Å². The number of hydrogen-bond donors (Lipinski definition) is 2. The van der Waals surface area contributed by atoms with Gasteiger partial charge in [-0.15, -0.1) is 24.0 Å². The fourth-order valence-electron chi connectivity index (χ4n) is 2.20. The van der Waals surface area contributed by atoms with Crippen LogP contribution in [0, 0.1) is 0 Å². The van der Waals surface area contributed by atoms with Gasteiger partial charge in [-0.1, -0.05) is 0 Å². The Morgan fingerprint density at radius 1 is 1.29 bits per heavy atom. The zero-order valence-corrected chi connectivity index (χ0v) is 16.7. The van der Waals surface area contributed by atoms with Gasteiger partial charge in [-0.3, -0.25) is 4.99 Å². The molecule has 6 nitrogen and oxygen atoms in total. The second-order valence-electron chi connectivity index (χ2n) is 6.37. The van der Waals surface area contributed by atoms with Crippen LogP contribution in [0.3, 0.4) is 0 Å². The van der Waals surface area contributed by atoms with Gasteiger partial charge in [-0.05, 0) is 33.6 Å². The van der Waals surface area contributed by atoms with Gasteiger partial charge in [-0.2, -0.15) is 0 Å². The normalized spacial score (nSPS) is 19.6. The predicted octanol–water partition coefficient (Wildman–Crippen LogP) is 1.16. The lowest BCUT2D eigenvalue weighted by molar-refractivity contribution is 0.0756. The van der Waals surface area contributed by atoms with Crippen molar-refractivity contribution >= 4 is 39.8 Å². The molecule has 1 aliphatic rings. The lowest BCUT2D eigenvalue weighted by Crippen LogP contribution is -2.55. The van der Waals surface area contributed by atoms with Crippen LogP contribution in [0.15, 0.2) is 4.99 Å². The molecule has 0 aromatic heterocycles. The van der Waals surface area contributed by atoms with Gasteiger partial charge in [0, 0.05) is 38.6 Å². The maximum Gasteiger partial charge on any atom is 0.191 e. The minimum Gasteiger partial charge on any atom is -0.381 e. The van der Waals surface area contributed by atoms with Crippen molar-refractivity contribution in [2.45, 2.75) is 43.9 Å². The molecule has 0 amide bonds. The van der Waals surface area contributed by atoms with Crippen molar-refractivity contribution in [2.24, 2.45) is 4.99 Å². The summed E-state index contributed by atoms with van der Waals surface area (Å²) in [6, 6.07) is 0. The van der Waals surface area contributed by atoms with E-state index in [1.807, 2.05) is 20.8 Å². The third-order valence-corrected chi connectivity index (χ3v) is 5.61. The molecule has 1 saturated heterocycles. The van der Waals surface area contributed by atoms with E-state index in [4.69, 9.17) is 4.74 Å². The Labute approximate surface area is 145 Å². The van der Waals surface area contributed by atoms with Crippen LogP contribution < -0.4 is 10.6 Å². The Morgan fingerprint density at radius 3 is 2.19 bits per heavy atom. The van der Waals surface area contributed by atoms with Crippen LogP contribution in [0.4, 0.5) is 0 Å². The summed E-state index contributed by atoms with van der Waals surface area (Å²) in [7, 11) is -1.48. The summed E-state index contributed by atoms with van der Waals surface area (Å²) >= 11 is 0. The molecule has 0 aromatic carbocycles. The Balaban J connectivity index is 0.00000400. The van der Waals surface area contributed by atoms with Crippen LogP contribution in [-0.2, 0) is 14.6 Å². The highest BCUT2D eigenvalue weighted by atomic mass is 127. The molecule has 0 atom stereocenters. The molecule has 21 heavy (non-hydrogen) atoms. The summed E-state index contributed by atoms with van der Waals surface area (Å²) < 4.78 is 28.8. The molecule has 0 spiro atoms. The monoisotopic (exact) mass is 433 g/mol. The van der Waals surface area contributed by atoms with Crippen LogP contribution in [0.2, 0.25) is 0 Å². The van der Waals surface area contributed by atoms with E-state index in [9.17, 15) is 8.42 Å². The van der Waals surface area contributed by atoms with Crippen LogP contribution in [-0.4, -0.2) is 57.7 Å². The van der Waals surface area contributed by atoms with E-state index in [0.29, 0.717) is 38.6 Å². The van der Waals surface area contributed by atoms with Crippen molar-refractivity contribution in [1.82, 2.24) is 10.6 Å². The summed E-state index contributed by atoms with van der Waals surface area (Å²) in [5.74, 6) is 0.618. The number of ether oxygens (including phenoxy) is 1. The number of sulfone groups is 1. The van der Waals surface area contributed by atoms with E-state index in [1.165, 1.54) is 6.26 Å². The SMILES string of the molecule is CN=C(NCC1(S(C)(=O)=O)CCOCC1)NC(C)(C)C.I.